The zero-order valence-corrected chi connectivity index (χ0v) is 17.5. The van der Waals surface area contributed by atoms with Gasteiger partial charge >= 0.3 is 11.9 Å². The Morgan fingerprint density at radius 2 is 1.33 bits per heavy atom. The minimum Gasteiger partial charge on any atom is -0.457 e. The van der Waals surface area contributed by atoms with Crippen LogP contribution in [0.3, 0.4) is 0 Å². The van der Waals surface area contributed by atoms with Gasteiger partial charge in [-0.1, -0.05) is 48.0 Å². The summed E-state index contributed by atoms with van der Waals surface area (Å²) in [7, 11) is 0. The van der Waals surface area contributed by atoms with Crippen LogP contribution in [0.2, 0.25) is 0 Å². The highest BCUT2D eigenvalue weighted by Crippen LogP contribution is 2.50. The molecule has 0 saturated heterocycles. The monoisotopic (exact) mass is 342 g/mol. The van der Waals surface area contributed by atoms with Crippen LogP contribution in [0.15, 0.2) is 0 Å². The van der Waals surface area contributed by atoms with Gasteiger partial charge in [0.25, 0.3) is 0 Å². The molecule has 0 radical (unpaired) electrons. The Kier molecular flexibility index (Phi) is 7.53. The van der Waals surface area contributed by atoms with Crippen molar-refractivity contribution in [2.75, 3.05) is 6.61 Å². The molecule has 0 aromatic carbocycles. The second kappa shape index (κ2) is 7.88. The number of rotatable bonds is 8. The molecule has 0 spiro atoms. The largest absolute Gasteiger partial charge is 0.457 e. The first-order valence-corrected chi connectivity index (χ1v) is 8.99. The van der Waals surface area contributed by atoms with Gasteiger partial charge in [0.1, 0.15) is 5.60 Å². The Morgan fingerprint density at radius 3 is 1.71 bits per heavy atom. The molecule has 4 heteroatoms. The van der Waals surface area contributed by atoms with Gasteiger partial charge < -0.3 is 9.47 Å². The van der Waals surface area contributed by atoms with E-state index in [1.165, 1.54) is 0 Å². The SMILES string of the molecule is CCC(C)(C)CC(C)(C(=O)OCC(=O)OC(C)(C)C)C(C)(C)CC. The minimum absolute atomic E-state index is 0.0200. The molecule has 0 bridgehead atoms. The first-order chi connectivity index (χ1) is 10.6. The highest BCUT2D eigenvalue weighted by atomic mass is 16.6. The van der Waals surface area contributed by atoms with Crippen molar-refractivity contribution >= 4 is 11.9 Å². The molecule has 0 aromatic rings. The fourth-order valence-electron chi connectivity index (χ4n) is 2.71. The van der Waals surface area contributed by atoms with Crippen molar-refractivity contribution in [3.8, 4) is 0 Å². The van der Waals surface area contributed by atoms with E-state index in [2.05, 4.69) is 41.5 Å². The van der Waals surface area contributed by atoms with Gasteiger partial charge in [-0.05, 0) is 51.4 Å². The van der Waals surface area contributed by atoms with Crippen molar-refractivity contribution in [1.29, 1.82) is 0 Å². The van der Waals surface area contributed by atoms with Crippen molar-refractivity contribution < 1.29 is 19.1 Å². The summed E-state index contributed by atoms with van der Waals surface area (Å²) < 4.78 is 10.6. The van der Waals surface area contributed by atoms with E-state index in [1.54, 1.807) is 20.8 Å². The van der Waals surface area contributed by atoms with Crippen molar-refractivity contribution in [3.63, 3.8) is 0 Å². The lowest BCUT2D eigenvalue weighted by Crippen LogP contribution is -2.46. The summed E-state index contributed by atoms with van der Waals surface area (Å²) in [6.07, 6.45) is 2.54. The van der Waals surface area contributed by atoms with Gasteiger partial charge in [0.2, 0.25) is 0 Å². The third kappa shape index (κ3) is 6.45. The van der Waals surface area contributed by atoms with Crippen molar-refractivity contribution in [1.82, 2.24) is 0 Å². The molecule has 1 unspecified atom stereocenters. The standard InChI is InChI=1S/C20H38O4/c1-11-18(6,7)14-20(10,19(8,9)12-2)16(22)23-13-15(21)24-17(3,4)5/h11-14H2,1-10H3. The Morgan fingerprint density at radius 1 is 0.833 bits per heavy atom. The van der Waals surface area contributed by atoms with Crippen LogP contribution in [-0.4, -0.2) is 24.1 Å². The summed E-state index contributed by atoms with van der Waals surface area (Å²) in [5.41, 5.74) is -1.46. The van der Waals surface area contributed by atoms with Gasteiger partial charge in [-0.25, -0.2) is 4.79 Å². The van der Waals surface area contributed by atoms with Crippen LogP contribution in [0.5, 0.6) is 0 Å². The summed E-state index contributed by atoms with van der Waals surface area (Å²) in [5, 5.41) is 0. The average molecular weight is 343 g/mol. The van der Waals surface area contributed by atoms with E-state index in [4.69, 9.17) is 9.47 Å². The smallest absolute Gasteiger partial charge is 0.344 e. The van der Waals surface area contributed by atoms with Crippen LogP contribution in [0.4, 0.5) is 0 Å². The molecule has 1 atom stereocenters. The summed E-state index contributed by atoms with van der Waals surface area (Å²) in [6, 6.07) is 0. The molecule has 0 N–H and O–H groups in total. The lowest BCUT2D eigenvalue weighted by Gasteiger charge is -2.45. The van der Waals surface area contributed by atoms with Crippen molar-refractivity contribution in [2.24, 2.45) is 16.2 Å². The summed E-state index contributed by atoms with van der Waals surface area (Å²) in [6.45, 7) is 19.7. The molecule has 0 fully saturated rings. The van der Waals surface area contributed by atoms with Crippen LogP contribution in [0, 0.1) is 16.2 Å². The second-order valence-electron chi connectivity index (χ2n) is 9.43. The molecule has 0 heterocycles. The van der Waals surface area contributed by atoms with E-state index in [0.29, 0.717) is 6.42 Å². The molecule has 24 heavy (non-hydrogen) atoms. The predicted molar refractivity (Wildman–Crippen MR) is 97.7 cm³/mol. The molecular formula is C20H38O4. The molecule has 0 aliphatic carbocycles. The molecule has 0 amide bonds. The molecule has 4 nitrogen and oxygen atoms in total. The maximum Gasteiger partial charge on any atom is 0.344 e. The van der Waals surface area contributed by atoms with Crippen molar-refractivity contribution in [2.45, 2.75) is 94.1 Å². The lowest BCUT2D eigenvalue weighted by molar-refractivity contribution is -0.177. The van der Waals surface area contributed by atoms with Crippen LogP contribution in [0.1, 0.15) is 88.5 Å². The Bertz CT molecular complexity index is 443. The van der Waals surface area contributed by atoms with E-state index in [-0.39, 0.29) is 23.4 Å². The number of hydrogen-bond donors (Lipinski definition) is 0. The average Bonchev–Trinajstić information content (AvgIpc) is 2.42. The molecular weight excluding hydrogens is 304 g/mol. The third-order valence-electron chi connectivity index (χ3n) is 5.36. The van der Waals surface area contributed by atoms with Crippen LogP contribution in [0.25, 0.3) is 0 Å². The number of carbonyl (C=O) groups is 2. The molecule has 142 valence electrons. The third-order valence-corrected chi connectivity index (χ3v) is 5.36. The van der Waals surface area contributed by atoms with Gasteiger partial charge in [0, 0.05) is 0 Å². The van der Waals surface area contributed by atoms with E-state index in [1.807, 2.05) is 6.92 Å². The summed E-state index contributed by atoms with van der Waals surface area (Å²) in [5.74, 6) is -0.830. The fraction of sp³-hybridized carbons (Fsp3) is 0.900. The fourth-order valence-corrected chi connectivity index (χ4v) is 2.71. The molecule has 0 aliphatic rings. The number of esters is 2. The summed E-state index contributed by atoms with van der Waals surface area (Å²) >= 11 is 0. The highest BCUT2D eigenvalue weighted by molar-refractivity contribution is 5.81. The van der Waals surface area contributed by atoms with E-state index in [0.717, 1.165) is 12.8 Å². The number of ether oxygens (including phenoxy) is 2. The number of carbonyl (C=O) groups excluding carboxylic acids is 2. The van der Waals surface area contributed by atoms with E-state index >= 15 is 0 Å². The van der Waals surface area contributed by atoms with Crippen LogP contribution < -0.4 is 0 Å². The Balaban J connectivity index is 5.24. The van der Waals surface area contributed by atoms with Gasteiger partial charge in [-0.2, -0.15) is 0 Å². The Labute approximate surface area is 148 Å². The normalized spacial score (nSPS) is 15.6. The van der Waals surface area contributed by atoms with Crippen LogP contribution >= 0.6 is 0 Å². The van der Waals surface area contributed by atoms with E-state index < -0.39 is 17.0 Å². The zero-order chi connectivity index (χ0) is 19.4. The summed E-state index contributed by atoms with van der Waals surface area (Å²) in [4.78, 5) is 24.8. The quantitative estimate of drug-likeness (QED) is 0.573. The lowest BCUT2D eigenvalue weighted by atomic mass is 9.58. The van der Waals surface area contributed by atoms with Gasteiger partial charge in [0.05, 0.1) is 5.41 Å². The Hall–Kier alpha value is -1.06. The van der Waals surface area contributed by atoms with Crippen molar-refractivity contribution in [3.05, 3.63) is 0 Å². The molecule has 0 aromatic heterocycles. The van der Waals surface area contributed by atoms with Gasteiger partial charge in [-0.3, -0.25) is 4.79 Å². The molecule has 0 aliphatic heterocycles. The highest BCUT2D eigenvalue weighted by Gasteiger charge is 2.49. The molecule has 0 rings (SSSR count). The zero-order valence-electron chi connectivity index (χ0n) is 17.5. The first kappa shape index (κ1) is 22.9. The molecule has 0 saturated carbocycles. The first-order valence-electron chi connectivity index (χ1n) is 8.99. The predicted octanol–water partition coefficient (Wildman–Crippen LogP) is 5.14. The minimum atomic E-state index is -0.663. The van der Waals surface area contributed by atoms with E-state index in [9.17, 15) is 9.59 Å². The number of hydrogen-bond acceptors (Lipinski definition) is 4. The van der Waals surface area contributed by atoms with Gasteiger partial charge in [-0.15, -0.1) is 0 Å². The van der Waals surface area contributed by atoms with Crippen LogP contribution in [-0.2, 0) is 19.1 Å². The van der Waals surface area contributed by atoms with Gasteiger partial charge in [0.15, 0.2) is 6.61 Å². The second-order valence-corrected chi connectivity index (χ2v) is 9.43. The topological polar surface area (TPSA) is 52.6 Å². The maximum atomic E-state index is 12.9. The maximum absolute atomic E-state index is 12.9.